The summed E-state index contributed by atoms with van der Waals surface area (Å²) in [4.78, 5) is 24.0. The van der Waals surface area contributed by atoms with E-state index in [1.807, 2.05) is 30.3 Å². The molecule has 4 nitrogen and oxygen atoms in total. The van der Waals surface area contributed by atoms with E-state index >= 15 is 0 Å². The lowest BCUT2D eigenvalue weighted by Gasteiger charge is -2.51. The summed E-state index contributed by atoms with van der Waals surface area (Å²) in [7, 11) is 0. The van der Waals surface area contributed by atoms with Crippen LogP contribution in [0.5, 0.6) is 0 Å². The number of ether oxygens (including phenoxy) is 2. The van der Waals surface area contributed by atoms with Gasteiger partial charge in [-0.05, 0) is 68.1 Å². The molecule has 0 radical (unpaired) electrons. The summed E-state index contributed by atoms with van der Waals surface area (Å²) in [6.07, 6.45) is 7.27. The van der Waals surface area contributed by atoms with E-state index in [1.54, 1.807) is 0 Å². The molecular formula is C24H30O4. The van der Waals surface area contributed by atoms with Gasteiger partial charge in [-0.2, -0.15) is 0 Å². The van der Waals surface area contributed by atoms with E-state index in [0.29, 0.717) is 23.3 Å². The minimum Gasteiger partial charge on any atom is -0.458 e. The van der Waals surface area contributed by atoms with Crippen LogP contribution in [-0.2, 0) is 14.3 Å². The molecule has 6 atom stereocenters. The molecule has 0 unspecified atom stereocenters. The van der Waals surface area contributed by atoms with Crippen molar-refractivity contribution >= 4 is 11.9 Å². The average Bonchev–Trinajstić information content (AvgIpc) is 3.01. The highest BCUT2D eigenvalue weighted by Gasteiger charge is 2.56. The Balaban J connectivity index is 1.50. The van der Waals surface area contributed by atoms with Gasteiger partial charge in [-0.3, -0.25) is 4.79 Å². The Hall–Kier alpha value is -2.10. The van der Waals surface area contributed by atoms with Crippen LogP contribution in [0.25, 0.3) is 0 Å². The van der Waals surface area contributed by atoms with Crippen molar-refractivity contribution in [3.05, 3.63) is 47.7 Å². The standard InChI is InChI=1S/C24H30O4/c1-15-18-13-14-24(3)20(19(18)9-11-21(15)27-16(2)25)10-12-22(24)28-23(26)17-7-5-4-6-8-17/h4-8,11,15,18-20,22H,9-10,12-14H2,1-3H3/t15-,18+,19+,20-,22+,24-/m0/s1. The van der Waals surface area contributed by atoms with Gasteiger partial charge in [-0.1, -0.05) is 32.0 Å². The molecule has 0 saturated heterocycles. The molecule has 0 heterocycles. The fourth-order valence-corrected chi connectivity index (χ4v) is 6.14. The second-order valence-electron chi connectivity index (χ2n) is 9.04. The summed E-state index contributed by atoms with van der Waals surface area (Å²) in [6, 6.07) is 9.29. The summed E-state index contributed by atoms with van der Waals surface area (Å²) in [5, 5.41) is 0. The van der Waals surface area contributed by atoms with Crippen LogP contribution >= 0.6 is 0 Å². The molecule has 2 fully saturated rings. The Morgan fingerprint density at radius 3 is 2.54 bits per heavy atom. The van der Waals surface area contributed by atoms with E-state index in [4.69, 9.17) is 9.47 Å². The second-order valence-corrected chi connectivity index (χ2v) is 9.04. The first-order chi connectivity index (χ1) is 13.4. The Morgan fingerprint density at radius 1 is 1.07 bits per heavy atom. The molecule has 0 aliphatic heterocycles. The average molecular weight is 383 g/mol. The lowest BCUT2D eigenvalue weighted by Crippen LogP contribution is -2.47. The van der Waals surface area contributed by atoms with Crippen LogP contribution in [0, 0.1) is 29.1 Å². The zero-order valence-corrected chi connectivity index (χ0v) is 17.0. The van der Waals surface area contributed by atoms with Gasteiger partial charge < -0.3 is 9.47 Å². The third-order valence-electron chi connectivity index (χ3n) is 7.61. The number of carbonyl (C=O) groups excluding carboxylic acids is 2. The quantitative estimate of drug-likeness (QED) is 0.679. The number of rotatable bonds is 3. The molecule has 0 aromatic heterocycles. The predicted octanol–water partition coefficient (Wildman–Crippen LogP) is 5.14. The molecule has 28 heavy (non-hydrogen) atoms. The first-order valence-electron chi connectivity index (χ1n) is 10.5. The van der Waals surface area contributed by atoms with E-state index in [-0.39, 0.29) is 29.4 Å². The van der Waals surface area contributed by atoms with Crippen LogP contribution in [0.4, 0.5) is 0 Å². The van der Waals surface area contributed by atoms with Gasteiger partial charge in [0.25, 0.3) is 0 Å². The Bertz CT molecular complexity index is 783. The van der Waals surface area contributed by atoms with Crippen molar-refractivity contribution in [1.82, 2.24) is 0 Å². The normalized spacial score (nSPS) is 36.7. The zero-order valence-electron chi connectivity index (χ0n) is 17.0. The number of hydrogen-bond acceptors (Lipinski definition) is 4. The first kappa shape index (κ1) is 19.2. The van der Waals surface area contributed by atoms with Gasteiger partial charge >= 0.3 is 11.9 Å². The lowest BCUT2D eigenvalue weighted by molar-refractivity contribution is -0.139. The molecule has 150 valence electrons. The van der Waals surface area contributed by atoms with Crippen LogP contribution in [-0.4, -0.2) is 18.0 Å². The predicted molar refractivity (Wildman–Crippen MR) is 106 cm³/mol. The first-order valence-corrected chi connectivity index (χ1v) is 10.5. The van der Waals surface area contributed by atoms with E-state index in [1.165, 1.54) is 6.92 Å². The smallest absolute Gasteiger partial charge is 0.338 e. The Morgan fingerprint density at radius 2 is 1.82 bits per heavy atom. The number of benzene rings is 1. The summed E-state index contributed by atoms with van der Waals surface area (Å²) in [6.45, 7) is 5.98. The fraction of sp³-hybridized carbons (Fsp3) is 0.583. The molecule has 1 aromatic carbocycles. The SMILES string of the molecule is CC(=O)OC1=CC[C@@H]2[C@H](CC[C@]3(C)[C@H](OC(=O)c4ccccc4)CC[C@@H]23)[C@@H]1C. The Kier molecular flexibility index (Phi) is 5.07. The summed E-state index contributed by atoms with van der Waals surface area (Å²) < 4.78 is 11.5. The lowest BCUT2D eigenvalue weighted by atomic mass is 9.55. The van der Waals surface area contributed by atoms with E-state index in [2.05, 4.69) is 19.9 Å². The van der Waals surface area contributed by atoms with Gasteiger partial charge in [0.1, 0.15) is 11.9 Å². The Labute approximate surface area is 167 Å². The molecule has 0 bridgehead atoms. The third kappa shape index (κ3) is 3.27. The van der Waals surface area contributed by atoms with Crippen LogP contribution in [0.15, 0.2) is 42.2 Å². The molecule has 3 aliphatic carbocycles. The zero-order chi connectivity index (χ0) is 19.9. The van der Waals surface area contributed by atoms with Gasteiger partial charge in [-0.15, -0.1) is 0 Å². The van der Waals surface area contributed by atoms with E-state index < -0.39 is 0 Å². The van der Waals surface area contributed by atoms with Crippen LogP contribution < -0.4 is 0 Å². The van der Waals surface area contributed by atoms with Gasteiger partial charge in [0.05, 0.1) is 5.56 Å². The van der Waals surface area contributed by atoms with Crippen molar-refractivity contribution in [1.29, 1.82) is 0 Å². The van der Waals surface area contributed by atoms with Crippen molar-refractivity contribution in [3.63, 3.8) is 0 Å². The van der Waals surface area contributed by atoms with Crippen molar-refractivity contribution in [2.24, 2.45) is 29.1 Å². The van der Waals surface area contributed by atoms with Gasteiger partial charge in [-0.25, -0.2) is 4.79 Å². The van der Waals surface area contributed by atoms with E-state index in [9.17, 15) is 9.59 Å². The molecule has 0 amide bonds. The maximum atomic E-state index is 12.6. The fourth-order valence-electron chi connectivity index (χ4n) is 6.14. The highest BCUT2D eigenvalue weighted by atomic mass is 16.5. The molecule has 1 aromatic rings. The maximum Gasteiger partial charge on any atom is 0.338 e. The van der Waals surface area contributed by atoms with E-state index in [0.717, 1.165) is 37.9 Å². The topological polar surface area (TPSA) is 52.6 Å². The largest absolute Gasteiger partial charge is 0.458 e. The van der Waals surface area contributed by atoms with Gasteiger partial charge in [0, 0.05) is 18.3 Å². The summed E-state index contributed by atoms with van der Waals surface area (Å²) in [5.41, 5.74) is 0.668. The summed E-state index contributed by atoms with van der Waals surface area (Å²) >= 11 is 0. The number of allylic oxidation sites excluding steroid dienone is 2. The summed E-state index contributed by atoms with van der Waals surface area (Å²) in [5.74, 6) is 2.36. The maximum absolute atomic E-state index is 12.6. The molecule has 2 saturated carbocycles. The minimum atomic E-state index is -0.231. The van der Waals surface area contributed by atoms with Crippen molar-refractivity contribution in [2.45, 2.75) is 59.0 Å². The molecule has 3 aliphatic rings. The van der Waals surface area contributed by atoms with Gasteiger partial charge in [0.15, 0.2) is 0 Å². The number of esters is 2. The monoisotopic (exact) mass is 382 g/mol. The van der Waals surface area contributed by atoms with Crippen molar-refractivity contribution < 1.29 is 19.1 Å². The van der Waals surface area contributed by atoms with Crippen LogP contribution in [0.2, 0.25) is 0 Å². The van der Waals surface area contributed by atoms with Gasteiger partial charge in [0.2, 0.25) is 0 Å². The highest BCUT2D eigenvalue weighted by molar-refractivity contribution is 5.89. The molecular weight excluding hydrogens is 352 g/mol. The minimum absolute atomic E-state index is 0.0136. The molecule has 0 N–H and O–H groups in total. The van der Waals surface area contributed by atoms with Crippen molar-refractivity contribution in [2.75, 3.05) is 0 Å². The van der Waals surface area contributed by atoms with Crippen LogP contribution in [0.3, 0.4) is 0 Å². The van der Waals surface area contributed by atoms with Crippen molar-refractivity contribution in [3.8, 4) is 0 Å². The highest BCUT2D eigenvalue weighted by Crippen LogP contribution is 2.60. The number of hydrogen-bond donors (Lipinski definition) is 0. The number of fused-ring (bicyclic) bond motifs is 3. The van der Waals surface area contributed by atoms with Crippen LogP contribution in [0.1, 0.15) is 63.2 Å². The second kappa shape index (κ2) is 7.38. The molecule has 0 spiro atoms. The molecule has 4 heteroatoms. The molecule has 4 rings (SSSR count). The third-order valence-corrected chi connectivity index (χ3v) is 7.61. The number of carbonyl (C=O) groups is 2.